The largest absolute Gasteiger partial charge is 0.493 e. The zero-order chi connectivity index (χ0) is 22.2. The van der Waals surface area contributed by atoms with Crippen LogP contribution in [0.15, 0.2) is 52.3 Å². The molecule has 0 fully saturated rings. The molecule has 0 bridgehead atoms. The van der Waals surface area contributed by atoms with Gasteiger partial charge < -0.3 is 14.5 Å². The van der Waals surface area contributed by atoms with E-state index in [4.69, 9.17) is 9.47 Å². The number of benzene rings is 2. The van der Waals surface area contributed by atoms with Gasteiger partial charge in [-0.3, -0.25) is 9.79 Å². The summed E-state index contributed by atoms with van der Waals surface area (Å²) in [5, 5.41) is 0.788. The Hall–Kier alpha value is -3.62. The number of aromatic amines is 1. The lowest BCUT2D eigenvalue weighted by Gasteiger charge is -2.16. The molecule has 1 aromatic heterocycles. The van der Waals surface area contributed by atoms with Gasteiger partial charge in [-0.05, 0) is 35.4 Å². The van der Waals surface area contributed by atoms with Crippen LogP contribution in [0.25, 0.3) is 17.2 Å². The number of nitrogens with zero attached hydrogens (tertiary/aromatic N) is 1. The van der Waals surface area contributed by atoms with Crippen LogP contribution in [0.1, 0.15) is 11.1 Å². The Morgan fingerprint density at radius 2 is 1.90 bits per heavy atom. The predicted molar refractivity (Wildman–Crippen MR) is 105 cm³/mol. The third-order valence-electron chi connectivity index (χ3n) is 4.84. The number of hydrogen-bond donors (Lipinski definition) is 1. The van der Waals surface area contributed by atoms with Crippen LogP contribution in [-0.2, 0) is 12.8 Å². The van der Waals surface area contributed by atoms with E-state index in [9.17, 15) is 22.4 Å². The minimum atomic E-state index is -4.71. The number of methoxy groups -OCH3 is 1. The summed E-state index contributed by atoms with van der Waals surface area (Å²) >= 11 is 0. The maximum atomic E-state index is 13.3. The smallest absolute Gasteiger partial charge is 0.416 e. The van der Waals surface area contributed by atoms with Crippen molar-refractivity contribution in [3.8, 4) is 22.6 Å². The second-order valence-corrected chi connectivity index (χ2v) is 6.81. The van der Waals surface area contributed by atoms with Crippen LogP contribution in [0.5, 0.6) is 11.5 Å². The minimum Gasteiger partial charge on any atom is -0.493 e. The quantitative estimate of drug-likeness (QED) is 0.630. The van der Waals surface area contributed by atoms with Crippen molar-refractivity contribution in [3.63, 3.8) is 0 Å². The molecule has 160 valence electrons. The number of nitrogens with one attached hydrogen (secondary N) is 1. The van der Waals surface area contributed by atoms with Gasteiger partial charge in [-0.15, -0.1) is 0 Å². The number of rotatable bonds is 5. The first-order chi connectivity index (χ1) is 14.8. The number of halogens is 4. The molecule has 0 unspecified atom stereocenters. The van der Waals surface area contributed by atoms with Crippen molar-refractivity contribution in [2.75, 3.05) is 13.7 Å². The second kappa shape index (κ2) is 7.90. The molecule has 0 saturated heterocycles. The van der Waals surface area contributed by atoms with Crippen molar-refractivity contribution in [2.45, 2.75) is 12.8 Å². The Morgan fingerprint density at radius 1 is 1.10 bits per heavy atom. The predicted octanol–water partition coefficient (Wildman–Crippen LogP) is 3.20. The zero-order valence-corrected chi connectivity index (χ0v) is 16.2. The van der Waals surface area contributed by atoms with E-state index in [0.29, 0.717) is 29.2 Å². The Morgan fingerprint density at radius 3 is 2.65 bits per heavy atom. The fourth-order valence-corrected chi connectivity index (χ4v) is 3.40. The van der Waals surface area contributed by atoms with Gasteiger partial charge in [-0.1, -0.05) is 18.2 Å². The molecule has 1 N–H and O–H groups in total. The highest BCUT2D eigenvalue weighted by atomic mass is 19.4. The van der Waals surface area contributed by atoms with Gasteiger partial charge in [-0.25, -0.2) is 4.39 Å². The van der Waals surface area contributed by atoms with Crippen LogP contribution in [0.3, 0.4) is 0 Å². The van der Waals surface area contributed by atoms with Crippen molar-refractivity contribution in [1.29, 1.82) is 0 Å². The van der Waals surface area contributed by atoms with Gasteiger partial charge in [0.05, 0.1) is 19.2 Å². The first-order valence-electron chi connectivity index (χ1n) is 9.21. The number of aromatic nitrogens is 1. The molecule has 0 saturated carbocycles. The molecule has 1 aliphatic heterocycles. The van der Waals surface area contributed by atoms with Gasteiger partial charge in [0.15, 0.2) is 11.5 Å². The summed E-state index contributed by atoms with van der Waals surface area (Å²) in [5.74, 6) is -0.497. The number of ether oxygens (including phenoxy) is 2. The highest BCUT2D eigenvalue weighted by molar-refractivity contribution is 5.68. The molecule has 4 rings (SSSR count). The summed E-state index contributed by atoms with van der Waals surface area (Å²) in [6.07, 6.45) is -2.83. The van der Waals surface area contributed by atoms with Gasteiger partial charge in [-0.2, -0.15) is 13.2 Å². The standard InChI is InChI=1S/C22H16F4N2O3/c1-30-19-8-12(16-10-20(29)28-21-15(16)6-7-27-21)3-5-18(19)31-11-13-2-4-14(23)9-17(13)22(24,25)26/h2-6,8-10H,7,11H2,1H3,(H,27,28,29). The van der Waals surface area contributed by atoms with Crippen LogP contribution < -0.4 is 25.7 Å². The molecule has 0 amide bonds. The number of hydrogen-bond acceptors (Lipinski definition) is 4. The molecule has 31 heavy (non-hydrogen) atoms. The summed E-state index contributed by atoms with van der Waals surface area (Å²) in [5.41, 5.74) is 0.214. The van der Waals surface area contributed by atoms with Crippen molar-refractivity contribution in [1.82, 2.24) is 4.98 Å². The summed E-state index contributed by atoms with van der Waals surface area (Å²) in [4.78, 5) is 18.8. The van der Waals surface area contributed by atoms with E-state index in [2.05, 4.69) is 9.98 Å². The third kappa shape index (κ3) is 4.16. The number of alkyl halides is 3. The summed E-state index contributed by atoms with van der Waals surface area (Å²) in [6, 6.07) is 8.72. The number of fused-ring (bicyclic) bond motifs is 1. The lowest BCUT2D eigenvalue weighted by molar-refractivity contribution is -0.138. The minimum absolute atomic E-state index is 0.205. The molecule has 0 radical (unpaired) electrons. The number of pyridine rings is 1. The van der Waals surface area contributed by atoms with Gasteiger partial charge in [0.2, 0.25) is 5.56 Å². The molecule has 5 nitrogen and oxygen atoms in total. The third-order valence-corrected chi connectivity index (χ3v) is 4.84. The zero-order valence-electron chi connectivity index (χ0n) is 16.2. The highest BCUT2D eigenvalue weighted by Crippen LogP contribution is 2.35. The molecule has 0 atom stereocenters. The van der Waals surface area contributed by atoms with Crippen LogP contribution in [0.4, 0.5) is 17.6 Å². The highest BCUT2D eigenvalue weighted by Gasteiger charge is 2.34. The van der Waals surface area contributed by atoms with Gasteiger partial charge in [0, 0.05) is 16.8 Å². The van der Waals surface area contributed by atoms with Crippen LogP contribution in [0.2, 0.25) is 0 Å². The molecule has 0 spiro atoms. The van der Waals surface area contributed by atoms with Crippen molar-refractivity contribution < 1.29 is 27.0 Å². The van der Waals surface area contributed by atoms with Crippen molar-refractivity contribution >= 4 is 6.08 Å². The SMILES string of the molecule is COc1cc(-c2cc(=O)[nH]c3c2=CCN=3)ccc1OCc1ccc(F)cc1C(F)(F)F. The van der Waals surface area contributed by atoms with Crippen LogP contribution >= 0.6 is 0 Å². The summed E-state index contributed by atoms with van der Waals surface area (Å²) in [6.45, 7) is 0.0255. The number of H-pyrrole nitrogens is 1. The summed E-state index contributed by atoms with van der Waals surface area (Å²) in [7, 11) is 1.40. The lowest BCUT2D eigenvalue weighted by Crippen LogP contribution is -2.33. The average molecular weight is 432 g/mol. The van der Waals surface area contributed by atoms with Crippen molar-refractivity contribution in [3.05, 3.63) is 80.5 Å². The Labute approximate surface area is 173 Å². The molecule has 2 heterocycles. The van der Waals surface area contributed by atoms with Gasteiger partial charge in [0.1, 0.15) is 17.9 Å². The van der Waals surface area contributed by atoms with E-state index in [0.717, 1.165) is 17.4 Å². The van der Waals surface area contributed by atoms with Gasteiger partial charge >= 0.3 is 6.18 Å². The lowest BCUT2D eigenvalue weighted by atomic mass is 10.0. The van der Waals surface area contributed by atoms with Crippen molar-refractivity contribution in [2.24, 2.45) is 4.99 Å². The van der Waals surface area contributed by atoms with E-state index in [1.54, 1.807) is 18.2 Å². The maximum absolute atomic E-state index is 13.3. The Balaban J connectivity index is 1.66. The molecule has 1 aliphatic rings. The average Bonchev–Trinajstić information content (AvgIpc) is 3.19. The Bertz CT molecular complexity index is 1330. The first-order valence-corrected chi connectivity index (χ1v) is 9.21. The van der Waals surface area contributed by atoms with E-state index in [1.807, 2.05) is 6.08 Å². The molecular formula is C22H16F4N2O3. The van der Waals surface area contributed by atoms with E-state index >= 15 is 0 Å². The summed E-state index contributed by atoms with van der Waals surface area (Å²) < 4.78 is 63.8. The van der Waals surface area contributed by atoms with Crippen LogP contribution in [0, 0.1) is 5.82 Å². The fraction of sp³-hybridized carbons (Fsp3) is 0.182. The molecule has 9 heteroatoms. The second-order valence-electron chi connectivity index (χ2n) is 6.81. The normalized spacial score (nSPS) is 12.7. The van der Waals surface area contributed by atoms with E-state index < -0.39 is 24.2 Å². The maximum Gasteiger partial charge on any atom is 0.416 e. The molecule has 0 aliphatic carbocycles. The fourth-order valence-electron chi connectivity index (χ4n) is 3.40. The van der Waals surface area contributed by atoms with E-state index in [1.165, 1.54) is 13.2 Å². The van der Waals surface area contributed by atoms with E-state index in [-0.39, 0.29) is 22.6 Å². The first kappa shape index (κ1) is 20.6. The molecule has 2 aromatic carbocycles. The Kier molecular flexibility index (Phi) is 5.26. The molecular weight excluding hydrogens is 416 g/mol. The molecule has 3 aromatic rings. The van der Waals surface area contributed by atoms with Gasteiger partial charge in [0.25, 0.3) is 0 Å². The van der Waals surface area contributed by atoms with Crippen LogP contribution in [-0.4, -0.2) is 18.6 Å². The monoisotopic (exact) mass is 432 g/mol. The topological polar surface area (TPSA) is 63.7 Å².